The highest BCUT2D eigenvalue weighted by atomic mass is 16.5. The fourth-order valence-corrected chi connectivity index (χ4v) is 2.60. The van der Waals surface area contributed by atoms with Gasteiger partial charge in [0.15, 0.2) is 5.78 Å². The lowest BCUT2D eigenvalue weighted by atomic mass is 9.73. The summed E-state index contributed by atoms with van der Waals surface area (Å²) in [6.07, 6.45) is 1.12. The van der Waals surface area contributed by atoms with Gasteiger partial charge in [-0.25, -0.2) is 0 Å². The largest absolute Gasteiger partial charge is 0.477 e. The predicted octanol–water partition coefficient (Wildman–Crippen LogP) is 1.47. The summed E-state index contributed by atoms with van der Waals surface area (Å²) >= 11 is 0. The Bertz CT molecular complexity index is 380. The van der Waals surface area contributed by atoms with Crippen LogP contribution in [0.1, 0.15) is 33.6 Å². The number of carbonyl (C=O) groups is 2. The number of ether oxygens (including phenoxy) is 1. The summed E-state index contributed by atoms with van der Waals surface area (Å²) in [6, 6.07) is 0. The van der Waals surface area contributed by atoms with E-state index in [0.717, 1.165) is 0 Å². The number of nitrogens with zero attached hydrogens (tertiary/aromatic N) is 1. The Kier molecular flexibility index (Phi) is 2.52. The van der Waals surface area contributed by atoms with E-state index in [2.05, 4.69) is 0 Å². The van der Waals surface area contributed by atoms with E-state index in [1.54, 1.807) is 11.8 Å². The maximum atomic E-state index is 12.3. The maximum absolute atomic E-state index is 12.3. The summed E-state index contributed by atoms with van der Waals surface area (Å²) in [5, 5.41) is 0. The van der Waals surface area contributed by atoms with E-state index in [4.69, 9.17) is 4.74 Å². The second-order valence-electron chi connectivity index (χ2n) is 4.35. The van der Waals surface area contributed by atoms with Crippen molar-refractivity contribution in [3.8, 4) is 0 Å². The molecule has 2 aliphatic rings. The predicted molar refractivity (Wildman–Crippen MR) is 58.4 cm³/mol. The van der Waals surface area contributed by atoms with Crippen LogP contribution in [0.25, 0.3) is 0 Å². The zero-order valence-corrected chi connectivity index (χ0v) is 10.0. The number of ketones is 1. The van der Waals surface area contributed by atoms with Crippen LogP contribution < -0.4 is 0 Å². The van der Waals surface area contributed by atoms with Gasteiger partial charge in [0, 0.05) is 0 Å². The van der Waals surface area contributed by atoms with Crippen molar-refractivity contribution < 1.29 is 14.3 Å². The molecule has 4 nitrogen and oxygen atoms in total. The standard InChI is InChI=1S/C12H17NO3/c1-4-12(5-2)9(14)8(3)10-13(11(12)15)6-7-16-10/h4-7H2,1-3H3. The molecule has 0 bridgehead atoms. The SMILES string of the molecule is CCC1(CC)C(=O)C(C)=C2OCCN2C1=O. The number of Topliss-reactive ketones (excluding diaryl/α,β-unsaturated/α-hetero) is 1. The van der Waals surface area contributed by atoms with Gasteiger partial charge in [-0.05, 0) is 19.8 Å². The number of hydrogen-bond acceptors (Lipinski definition) is 3. The molecule has 0 unspecified atom stereocenters. The van der Waals surface area contributed by atoms with E-state index in [1.165, 1.54) is 0 Å². The molecule has 2 rings (SSSR count). The van der Waals surface area contributed by atoms with E-state index in [9.17, 15) is 9.59 Å². The molecule has 2 heterocycles. The lowest BCUT2D eigenvalue weighted by molar-refractivity contribution is -0.149. The Morgan fingerprint density at radius 1 is 1.31 bits per heavy atom. The quantitative estimate of drug-likeness (QED) is 0.666. The molecule has 0 saturated carbocycles. The van der Waals surface area contributed by atoms with Crippen LogP contribution in [0.4, 0.5) is 0 Å². The van der Waals surface area contributed by atoms with Gasteiger partial charge in [-0.3, -0.25) is 14.5 Å². The first kappa shape index (κ1) is 11.2. The minimum atomic E-state index is -0.846. The highest BCUT2D eigenvalue weighted by molar-refractivity contribution is 6.16. The Hall–Kier alpha value is -1.32. The third-order valence-electron chi connectivity index (χ3n) is 3.76. The van der Waals surface area contributed by atoms with Gasteiger partial charge in [0.2, 0.25) is 11.8 Å². The molecule has 0 N–H and O–H groups in total. The first-order valence-electron chi connectivity index (χ1n) is 5.79. The molecule has 2 aliphatic heterocycles. The van der Waals surface area contributed by atoms with Crippen LogP contribution in [0.15, 0.2) is 11.5 Å². The van der Waals surface area contributed by atoms with Crippen molar-refractivity contribution in [3.63, 3.8) is 0 Å². The van der Waals surface area contributed by atoms with Crippen molar-refractivity contribution in [1.29, 1.82) is 0 Å². The molecule has 0 aromatic rings. The Labute approximate surface area is 95.2 Å². The molecule has 1 amide bonds. The van der Waals surface area contributed by atoms with E-state index in [0.29, 0.717) is 37.4 Å². The number of rotatable bonds is 2. The molecule has 4 heteroatoms. The average molecular weight is 223 g/mol. The number of fused-ring (bicyclic) bond motifs is 1. The normalized spacial score (nSPS) is 23.6. The van der Waals surface area contributed by atoms with Gasteiger partial charge in [0.25, 0.3) is 0 Å². The molecular weight excluding hydrogens is 206 g/mol. The fraction of sp³-hybridized carbons (Fsp3) is 0.667. The second-order valence-corrected chi connectivity index (χ2v) is 4.35. The lowest BCUT2D eigenvalue weighted by Crippen LogP contribution is -2.51. The Morgan fingerprint density at radius 3 is 2.50 bits per heavy atom. The van der Waals surface area contributed by atoms with Crippen LogP contribution in [0.5, 0.6) is 0 Å². The van der Waals surface area contributed by atoms with Crippen molar-refractivity contribution in [2.75, 3.05) is 13.2 Å². The molecule has 88 valence electrons. The highest BCUT2D eigenvalue weighted by Gasteiger charge is 2.52. The third-order valence-corrected chi connectivity index (χ3v) is 3.76. The van der Waals surface area contributed by atoms with Crippen molar-refractivity contribution in [2.45, 2.75) is 33.6 Å². The summed E-state index contributed by atoms with van der Waals surface area (Å²) in [5.41, 5.74) is -0.248. The number of amides is 1. The van der Waals surface area contributed by atoms with Crippen LogP contribution in [-0.4, -0.2) is 29.7 Å². The maximum Gasteiger partial charge on any atom is 0.243 e. The molecule has 1 fully saturated rings. The monoisotopic (exact) mass is 223 g/mol. The van der Waals surface area contributed by atoms with Crippen LogP contribution in [0, 0.1) is 5.41 Å². The molecule has 0 spiro atoms. The van der Waals surface area contributed by atoms with Crippen molar-refractivity contribution in [3.05, 3.63) is 11.5 Å². The molecule has 0 radical (unpaired) electrons. The van der Waals surface area contributed by atoms with Crippen LogP contribution in [0.3, 0.4) is 0 Å². The van der Waals surface area contributed by atoms with Crippen molar-refractivity contribution in [2.24, 2.45) is 5.41 Å². The first-order chi connectivity index (χ1) is 7.58. The summed E-state index contributed by atoms with van der Waals surface area (Å²) < 4.78 is 5.36. The number of carbonyl (C=O) groups excluding carboxylic acids is 2. The number of hydrogen-bond donors (Lipinski definition) is 0. The van der Waals surface area contributed by atoms with Crippen LogP contribution in [-0.2, 0) is 14.3 Å². The fourth-order valence-electron chi connectivity index (χ4n) is 2.60. The molecular formula is C12H17NO3. The van der Waals surface area contributed by atoms with Gasteiger partial charge in [0.05, 0.1) is 12.1 Å². The van der Waals surface area contributed by atoms with Crippen LogP contribution in [0.2, 0.25) is 0 Å². The van der Waals surface area contributed by atoms with Crippen LogP contribution >= 0.6 is 0 Å². The van der Waals surface area contributed by atoms with E-state index in [1.807, 2.05) is 13.8 Å². The second kappa shape index (κ2) is 3.61. The first-order valence-corrected chi connectivity index (χ1v) is 5.79. The van der Waals surface area contributed by atoms with E-state index in [-0.39, 0.29) is 11.7 Å². The average Bonchev–Trinajstić information content (AvgIpc) is 2.77. The summed E-state index contributed by atoms with van der Waals surface area (Å²) in [4.78, 5) is 26.2. The van der Waals surface area contributed by atoms with E-state index >= 15 is 0 Å². The molecule has 0 aromatic heterocycles. The van der Waals surface area contributed by atoms with E-state index < -0.39 is 5.41 Å². The minimum absolute atomic E-state index is 0.0596. The Morgan fingerprint density at radius 2 is 1.94 bits per heavy atom. The zero-order valence-electron chi connectivity index (χ0n) is 10.0. The van der Waals surface area contributed by atoms with Gasteiger partial charge in [-0.2, -0.15) is 0 Å². The minimum Gasteiger partial charge on any atom is -0.477 e. The highest BCUT2D eigenvalue weighted by Crippen LogP contribution is 2.40. The molecule has 1 saturated heterocycles. The van der Waals surface area contributed by atoms with Crippen molar-refractivity contribution >= 4 is 11.7 Å². The molecule has 0 aliphatic carbocycles. The summed E-state index contributed by atoms with van der Waals surface area (Å²) in [7, 11) is 0. The van der Waals surface area contributed by atoms with Gasteiger partial charge >= 0.3 is 0 Å². The smallest absolute Gasteiger partial charge is 0.243 e. The molecule has 0 atom stereocenters. The number of allylic oxidation sites excluding steroid dienone is 1. The molecule has 16 heavy (non-hydrogen) atoms. The van der Waals surface area contributed by atoms with Gasteiger partial charge in [-0.1, -0.05) is 13.8 Å². The van der Waals surface area contributed by atoms with Gasteiger partial charge in [-0.15, -0.1) is 0 Å². The Balaban J connectivity index is 2.55. The summed E-state index contributed by atoms with van der Waals surface area (Å²) in [5.74, 6) is 0.337. The van der Waals surface area contributed by atoms with Gasteiger partial charge < -0.3 is 4.74 Å². The molecule has 0 aromatic carbocycles. The lowest BCUT2D eigenvalue weighted by Gasteiger charge is -2.37. The van der Waals surface area contributed by atoms with Crippen molar-refractivity contribution in [1.82, 2.24) is 4.90 Å². The summed E-state index contributed by atoms with van der Waals surface area (Å²) in [6.45, 7) is 6.61. The third kappa shape index (κ3) is 1.16. The van der Waals surface area contributed by atoms with Gasteiger partial charge in [0.1, 0.15) is 12.0 Å². The zero-order chi connectivity index (χ0) is 11.9. The topological polar surface area (TPSA) is 46.6 Å².